The van der Waals surface area contributed by atoms with Gasteiger partial charge in [0.1, 0.15) is 5.56 Å². The van der Waals surface area contributed by atoms with Gasteiger partial charge in [0.2, 0.25) is 0 Å². The lowest BCUT2D eigenvalue weighted by atomic mass is 10.0. The van der Waals surface area contributed by atoms with E-state index in [-0.39, 0.29) is 17.1 Å². The third-order valence-corrected chi connectivity index (χ3v) is 2.90. The molecule has 0 unspecified atom stereocenters. The average Bonchev–Trinajstić information content (AvgIpc) is 2.46. The Hall–Kier alpha value is -2.49. The van der Waals surface area contributed by atoms with Crippen LogP contribution < -0.4 is 4.74 Å². The van der Waals surface area contributed by atoms with Gasteiger partial charge in [-0.15, -0.1) is 0 Å². The first-order valence-electron chi connectivity index (χ1n) is 6.42. The van der Waals surface area contributed by atoms with Crippen LogP contribution in [0, 0.1) is 0 Å². The number of phenols is 1. The maximum absolute atomic E-state index is 11.1. The predicted octanol–water partition coefficient (Wildman–Crippen LogP) is 3.55. The molecule has 2 aromatic rings. The largest absolute Gasteiger partial charge is 0.504 e. The van der Waals surface area contributed by atoms with Crippen LogP contribution in [-0.4, -0.2) is 22.8 Å². The number of carboxylic acid groups (broad SMARTS) is 1. The Kier molecular flexibility index (Phi) is 4.25. The molecule has 0 radical (unpaired) electrons. The van der Waals surface area contributed by atoms with E-state index in [1.807, 2.05) is 37.3 Å². The molecule has 0 fully saturated rings. The molecule has 0 bridgehead atoms. The zero-order chi connectivity index (χ0) is 14.5. The zero-order valence-corrected chi connectivity index (χ0v) is 11.2. The van der Waals surface area contributed by atoms with Crippen molar-refractivity contribution in [1.82, 2.24) is 0 Å². The number of carbonyl (C=O) groups is 1. The van der Waals surface area contributed by atoms with Crippen molar-refractivity contribution < 1.29 is 19.7 Å². The van der Waals surface area contributed by atoms with Crippen molar-refractivity contribution in [1.29, 1.82) is 0 Å². The summed E-state index contributed by atoms with van der Waals surface area (Å²) in [6, 6.07) is 12.5. The molecule has 4 nitrogen and oxygen atoms in total. The number of rotatable bonds is 5. The first-order chi connectivity index (χ1) is 9.65. The van der Waals surface area contributed by atoms with Gasteiger partial charge in [-0.3, -0.25) is 0 Å². The minimum atomic E-state index is -1.18. The molecule has 0 aromatic heterocycles. The normalized spacial score (nSPS) is 10.2. The smallest absolute Gasteiger partial charge is 0.339 e. The molecule has 0 saturated carbocycles. The van der Waals surface area contributed by atoms with Gasteiger partial charge in [-0.1, -0.05) is 37.3 Å². The monoisotopic (exact) mass is 272 g/mol. The van der Waals surface area contributed by atoms with E-state index in [9.17, 15) is 9.90 Å². The van der Waals surface area contributed by atoms with E-state index in [4.69, 9.17) is 9.84 Å². The summed E-state index contributed by atoms with van der Waals surface area (Å²) < 4.78 is 5.55. The first kappa shape index (κ1) is 13.9. The van der Waals surface area contributed by atoms with Gasteiger partial charge in [0.05, 0.1) is 6.61 Å². The highest BCUT2D eigenvalue weighted by Crippen LogP contribution is 2.40. The molecule has 0 atom stereocenters. The molecule has 0 aliphatic rings. The number of hydrogen-bond acceptors (Lipinski definition) is 3. The molecule has 0 aliphatic heterocycles. The van der Waals surface area contributed by atoms with Gasteiger partial charge in [0.25, 0.3) is 0 Å². The summed E-state index contributed by atoms with van der Waals surface area (Å²) >= 11 is 0. The second-order valence-corrected chi connectivity index (χ2v) is 4.36. The van der Waals surface area contributed by atoms with E-state index in [0.29, 0.717) is 12.2 Å². The van der Waals surface area contributed by atoms with Crippen molar-refractivity contribution in [2.45, 2.75) is 13.3 Å². The highest BCUT2D eigenvalue weighted by atomic mass is 16.5. The van der Waals surface area contributed by atoms with Gasteiger partial charge in [-0.05, 0) is 24.1 Å². The molecule has 0 amide bonds. The Labute approximate surface area is 117 Å². The number of carboxylic acids is 1. The molecule has 0 heterocycles. The van der Waals surface area contributed by atoms with Crippen LogP contribution in [0.2, 0.25) is 0 Å². The van der Waals surface area contributed by atoms with Gasteiger partial charge >= 0.3 is 5.97 Å². The molecular formula is C16H16O4. The minimum Gasteiger partial charge on any atom is -0.504 e. The molecule has 0 saturated heterocycles. The van der Waals surface area contributed by atoms with Crippen molar-refractivity contribution in [2.24, 2.45) is 0 Å². The maximum Gasteiger partial charge on any atom is 0.339 e. The van der Waals surface area contributed by atoms with Gasteiger partial charge in [0.15, 0.2) is 11.5 Å². The Morgan fingerprint density at radius 2 is 1.85 bits per heavy atom. The van der Waals surface area contributed by atoms with Gasteiger partial charge in [-0.25, -0.2) is 4.79 Å². The fourth-order valence-corrected chi connectivity index (χ4v) is 1.94. The van der Waals surface area contributed by atoms with Crippen LogP contribution in [-0.2, 0) is 0 Å². The number of aromatic carboxylic acids is 1. The lowest BCUT2D eigenvalue weighted by molar-refractivity contribution is 0.0693. The summed E-state index contributed by atoms with van der Waals surface area (Å²) in [6.07, 6.45) is 0.769. The summed E-state index contributed by atoms with van der Waals surface area (Å²) in [4.78, 5) is 11.1. The Morgan fingerprint density at radius 1 is 1.15 bits per heavy atom. The van der Waals surface area contributed by atoms with Crippen LogP contribution >= 0.6 is 0 Å². The fraction of sp³-hybridized carbons (Fsp3) is 0.188. The quantitative estimate of drug-likeness (QED) is 0.873. The van der Waals surface area contributed by atoms with Crippen LogP contribution in [0.3, 0.4) is 0 Å². The maximum atomic E-state index is 11.1. The fourth-order valence-electron chi connectivity index (χ4n) is 1.94. The van der Waals surface area contributed by atoms with Crippen LogP contribution in [0.4, 0.5) is 0 Å². The third-order valence-electron chi connectivity index (χ3n) is 2.90. The van der Waals surface area contributed by atoms with Crippen LogP contribution in [0.5, 0.6) is 11.5 Å². The molecule has 0 aliphatic carbocycles. The predicted molar refractivity (Wildman–Crippen MR) is 76.3 cm³/mol. The Balaban J connectivity index is 2.56. The van der Waals surface area contributed by atoms with E-state index in [2.05, 4.69) is 0 Å². The average molecular weight is 272 g/mol. The van der Waals surface area contributed by atoms with E-state index in [1.54, 1.807) is 6.07 Å². The molecule has 4 heteroatoms. The van der Waals surface area contributed by atoms with Crippen molar-refractivity contribution >= 4 is 5.97 Å². The minimum absolute atomic E-state index is 0.157. The van der Waals surface area contributed by atoms with E-state index in [0.717, 1.165) is 12.0 Å². The highest BCUT2D eigenvalue weighted by Gasteiger charge is 2.19. The molecule has 0 spiro atoms. The van der Waals surface area contributed by atoms with Gasteiger partial charge < -0.3 is 14.9 Å². The summed E-state index contributed by atoms with van der Waals surface area (Å²) in [5.41, 5.74) is 1.39. The molecule has 20 heavy (non-hydrogen) atoms. The lowest BCUT2D eigenvalue weighted by Gasteiger charge is -2.14. The molecule has 2 N–H and O–H groups in total. The van der Waals surface area contributed by atoms with Crippen molar-refractivity contribution in [2.75, 3.05) is 6.61 Å². The van der Waals surface area contributed by atoms with Crippen LogP contribution in [0.1, 0.15) is 23.7 Å². The molecule has 2 rings (SSSR count). The van der Waals surface area contributed by atoms with Crippen molar-refractivity contribution in [3.8, 4) is 22.6 Å². The van der Waals surface area contributed by atoms with E-state index in [1.165, 1.54) is 6.07 Å². The Morgan fingerprint density at radius 3 is 2.45 bits per heavy atom. The molecule has 2 aromatic carbocycles. The summed E-state index contributed by atoms with van der Waals surface area (Å²) in [6.45, 7) is 2.36. The molecular weight excluding hydrogens is 256 g/mol. The zero-order valence-electron chi connectivity index (χ0n) is 11.2. The first-order valence-corrected chi connectivity index (χ1v) is 6.42. The second-order valence-electron chi connectivity index (χ2n) is 4.36. The van der Waals surface area contributed by atoms with Gasteiger partial charge in [0, 0.05) is 5.56 Å². The SMILES string of the molecule is CCCOc1c(-c2ccccc2)ccc(C(=O)O)c1O. The van der Waals surface area contributed by atoms with Crippen LogP contribution in [0.25, 0.3) is 11.1 Å². The molecule has 104 valence electrons. The second kappa shape index (κ2) is 6.10. The topological polar surface area (TPSA) is 66.8 Å². The number of ether oxygens (including phenoxy) is 1. The van der Waals surface area contributed by atoms with E-state index >= 15 is 0 Å². The van der Waals surface area contributed by atoms with Crippen LogP contribution in [0.15, 0.2) is 42.5 Å². The summed E-state index contributed by atoms with van der Waals surface area (Å²) in [7, 11) is 0. The number of hydrogen-bond donors (Lipinski definition) is 2. The highest BCUT2D eigenvalue weighted by molar-refractivity contribution is 5.94. The Bertz CT molecular complexity index is 605. The van der Waals surface area contributed by atoms with E-state index < -0.39 is 5.97 Å². The summed E-state index contributed by atoms with van der Waals surface area (Å²) in [5, 5.41) is 19.2. The third kappa shape index (κ3) is 2.74. The number of benzene rings is 2. The lowest BCUT2D eigenvalue weighted by Crippen LogP contribution is -2.02. The van der Waals surface area contributed by atoms with Crippen molar-refractivity contribution in [3.63, 3.8) is 0 Å². The summed E-state index contributed by atoms with van der Waals surface area (Å²) in [5.74, 6) is -1.28. The van der Waals surface area contributed by atoms with Gasteiger partial charge in [-0.2, -0.15) is 0 Å². The standard InChI is InChI=1S/C16H16O4/c1-2-10-20-15-12(11-6-4-3-5-7-11)8-9-13(14(15)17)16(18)19/h3-9,17H,2,10H2,1H3,(H,18,19). The van der Waals surface area contributed by atoms with Crippen molar-refractivity contribution in [3.05, 3.63) is 48.0 Å². The number of aromatic hydroxyl groups is 1.